The number of benzene rings is 1. The van der Waals surface area contributed by atoms with Crippen LogP contribution in [0.5, 0.6) is 0 Å². The molecule has 2 N–H and O–H groups in total. The summed E-state index contributed by atoms with van der Waals surface area (Å²) in [6, 6.07) is 10.3. The Labute approximate surface area is 112 Å². The van der Waals surface area contributed by atoms with E-state index >= 15 is 0 Å². The van der Waals surface area contributed by atoms with Crippen LogP contribution < -0.4 is 10.6 Å². The lowest BCUT2D eigenvalue weighted by molar-refractivity contribution is 0.765. The third-order valence-electron chi connectivity index (χ3n) is 3.20. The van der Waals surface area contributed by atoms with E-state index in [9.17, 15) is 0 Å². The summed E-state index contributed by atoms with van der Waals surface area (Å²) in [4.78, 5) is 4.37. The topological polar surface area (TPSA) is 54.2 Å². The molecule has 0 amide bonds. The van der Waals surface area contributed by atoms with E-state index in [4.69, 9.17) is 0 Å². The van der Waals surface area contributed by atoms with Gasteiger partial charge < -0.3 is 10.6 Å². The number of hydrogen-bond donors (Lipinski definition) is 2. The summed E-state index contributed by atoms with van der Waals surface area (Å²) in [5.41, 5.74) is 3.29. The lowest BCUT2D eigenvalue weighted by Crippen LogP contribution is -2.27. The number of aryl methyl sites for hydroxylation is 2. The minimum absolute atomic E-state index is 0.819. The van der Waals surface area contributed by atoms with Crippen molar-refractivity contribution >= 4 is 11.8 Å². The van der Waals surface area contributed by atoms with Crippen LogP contribution >= 0.6 is 0 Å². The molecule has 0 atom stereocenters. The van der Waals surface area contributed by atoms with Crippen LogP contribution in [0.2, 0.25) is 0 Å². The summed E-state index contributed by atoms with van der Waals surface area (Å²) in [5.74, 6) is 1.79. The number of nitrogens with zero attached hydrogens (tertiary/aromatic N) is 3. The van der Waals surface area contributed by atoms with Crippen molar-refractivity contribution in [3.63, 3.8) is 0 Å². The molecule has 3 rings (SSSR count). The van der Waals surface area contributed by atoms with Gasteiger partial charge in [-0.2, -0.15) is 5.10 Å². The number of hydrogen-bond acceptors (Lipinski definition) is 4. The van der Waals surface area contributed by atoms with E-state index in [2.05, 4.69) is 32.9 Å². The first-order valence-corrected chi connectivity index (χ1v) is 6.40. The second-order valence-corrected chi connectivity index (χ2v) is 4.58. The number of guanidine groups is 1. The lowest BCUT2D eigenvalue weighted by Gasteiger charge is -2.10. The van der Waals surface area contributed by atoms with Gasteiger partial charge in [-0.15, -0.1) is 0 Å². The molecule has 0 spiro atoms. The molecule has 0 unspecified atom stereocenters. The van der Waals surface area contributed by atoms with Crippen molar-refractivity contribution in [2.45, 2.75) is 6.92 Å². The van der Waals surface area contributed by atoms with Gasteiger partial charge in [0.25, 0.3) is 0 Å². The minimum Gasteiger partial charge on any atom is -0.354 e. The quantitative estimate of drug-likeness (QED) is 0.860. The van der Waals surface area contributed by atoms with Crippen molar-refractivity contribution < 1.29 is 0 Å². The lowest BCUT2D eigenvalue weighted by atomic mass is 10.1. The van der Waals surface area contributed by atoms with Crippen molar-refractivity contribution in [3.05, 3.63) is 36.0 Å². The molecule has 2 heterocycles. The van der Waals surface area contributed by atoms with E-state index in [0.717, 1.165) is 41.7 Å². The molecule has 19 heavy (non-hydrogen) atoms. The average molecular weight is 255 g/mol. The van der Waals surface area contributed by atoms with E-state index in [1.165, 1.54) is 0 Å². The van der Waals surface area contributed by atoms with Crippen LogP contribution in [0, 0.1) is 6.92 Å². The highest BCUT2D eigenvalue weighted by Gasteiger charge is 2.17. The number of rotatable bonds is 2. The molecule has 5 nitrogen and oxygen atoms in total. The number of anilines is 1. The van der Waals surface area contributed by atoms with Gasteiger partial charge >= 0.3 is 0 Å². The zero-order chi connectivity index (χ0) is 13.2. The van der Waals surface area contributed by atoms with Crippen molar-refractivity contribution in [1.29, 1.82) is 0 Å². The Morgan fingerprint density at radius 2 is 2.05 bits per heavy atom. The molecule has 0 saturated heterocycles. The van der Waals surface area contributed by atoms with Gasteiger partial charge in [0, 0.05) is 19.2 Å². The predicted octanol–water partition coefficient (Wildman–Crippen LogP) is 1.77. The standard InChI is InChI=1S/C14H17N5/c1-10-12(11-6-4-3-5-7-11)13(19(2)18-10)17-14-15-8-9-16-14/h3-7H,8-9H2,1-2H3,(H2,15,16,17). The van der Waals surface area contributed by atoms with E-state index < -0.39 is 0 Å². The Morgan fingerprint density at radius 1 is 1.26 bits per heavy atom. The maximum Gasteiger partial charge on any atom is 0.197 e. The van der Waals surface area contributed by atoms with Crippen LogP contribution in [0.1, 0.15) is 5.69 Å². The molecule has 1 aromatic carbocycles. The fourth-order valence-electron chi connectivity index (χ4n) is 2.35. The van der Waals surface area contributed by atoms with Crippen LogP contribution in [-0.4, -0.2) is 28.8 Å². The highest BCUT2D eigenvalue weighted by Crippen LogP contribution is 2.30. The van der Waals surface area contributed by atoms with E-state index in [0.29, 0.717) is 0 Å². The molecule has 1 aliphatic heterocycles. The molecule has 1 aromatic heterocycles. The smallest absolute Gasteiger partial charge is 0.197 e. The summed E-state index contributed by atoms with van der Waals surface area (Å²) in [6.07, 6.45) is 0. The van der Waals surface area contributed by atoms with Gasteiger partial charge in [-0.25, -0.2) is 0 Å². The monoisotopic (exact) mass is 255 g/mol. The average Bonchev–Trinajstić information content (AvgIpc) is 3.00. The van der Waals surface area contributed by atoms with Gasteiger partial charge in [0.15, 0.2) is 5.96 Å². The highest BCUT2D eigenvalue weighted by atomic mass is 15.3. The van der Waals surface area contributed by atoms with Crippen LogP contribution in [0.4, 0.5) is 5.82 Å². The maximum absolute atomic E-state index is 4.50. The van der Waals surface area contributed by atoms with Crippen LogP contribution in [0.25, 0.3) is 11.1 Å². The largest absolute Gasteiger partial charge is 0.354 e. The van der Waals surface area contributed by atoms with Crippen molar-refractivity contribution in [2.24, 2.45) is 12.0 Å². The van der Waals surface area contributed by atoms with Crippen LogP contribution in [0.15, 0.2) is 35.3 Å². The SMILES string of the molecule is Cc1nn(C)c(NC2=NCCN2)c1-c1ccccc1. The third-order valence-corrected chi connectivity index (χ3v) is 3.20. The first kappa shape index (κ1) is 11.8. The summed E-state index contributed by atoms with van der Waals surface area (Å²) < 4.78 is 1.86. The summed E-state index contributed by atoms with van der Waals surface area (Å²) in [7, 11) is 1.94. The molecule has 0 saturated carbocycles. The van der Waals surface area contributed by atoms with Crippen molar-refractivity contribution in [3.8, 4) is 11.1 Å². The van der Waals surface area contributed by atoms with Gasteiger partial charge in [0.2, 0.25) is 0 Å². The van der Waals surface area contributed by atoms with E-state index in [1.807, 2.05) is 36.9 Å². The van der Waals surface area contributed by atoms with E-state index in [1.54, 1.807) is 0 Å². The molecule has 0 radical (unpaired) electrons. The van der Waals surface area contributed by atoms with Gasteiger partial charge in [0.05, 0.1) is 12.2 Å². The third kappa shape index (κ3) is 2.19. The van der Waals surface area contributed by atoms with Crippen LogP contribution in [0.3, 0.4) is 0 Å². The Morgan fingerprint density at radius 3 is 2.74 bits per heavy atom. The first-order chi connectivity index (χ1) is 9.25. The molecule has 5 heteroatoms. The first-order valence-electron chi connectivity index (χ1n) is 6.40. The zero-order valence-corrected chi connectivity index (χ0v) is 11.1. The summed E-state index contributed by atoms with van der Waals surface area (Å²) in [6.45, 7) is 3.73. The van der Waals surface area contributed by atoms with Gasteiger partial charge in [-0.1, -0.05) is 30.3 Å². The van der Waals surface area contributed by atoms with Gasteiger partial charge in [-0.05, 0) is 12.5 Å². The molecule has 0 bridgehead atoms. The fourth-order valence-corrected chi connectivity index (χ4v) is 2.35. The molecule has 0 aliphatic carbocycles. The molecule has 98 valence electrons. The second-order valence-electron chi connectivity index (χ2n) is 4.58. The number of nitrogens with one attached hydrogen (secondary N) is 2. The van der Waals surface area contributed by atoms with Gasteiger partial charge in [0.1, 0.15) is 5.82 Å². The molecular formula is C14H17N5. The van der Waals surface area contributed by atoms with Crippen molar-refractivity contribution in [1.82, 2.24) is 15.1 Å². The van der Waals surface area contributed by atoms with Crippen molar-refractivity contribution in [2.75, 3.05) is 18.4 Å². The zero-order valence-electron chi connectivity index (χ0n) is 11.1. The maximum atomic E-state index is 4.50. The molecule has 1 aliphatic rings. The Bertz CT molecular complexity index is 612. The normalized spacial score (nSPS) is 14.1. The number of aromatic nitrogens is 2. The second kappa shape index (κ2) is 4.76. The van der Waals surface area contributed by atoms with E-state index in [-0.39, 0.29) is 0 Å². The molecule has 0 fully saturated rings. The Kier molecular flexibility index (Phi) is 2.95. The minimum atomic E-state index is 0.819. The summed E-state index contributed by atoms with van der Waals surface area (Å²) >= 11 is 0. The Hall–Kier alpha value is -2.30. The van der Waals surface area contributed by atoms with Gasteiger partial charge in [-0.3, -0.25) is 9.67 Å². The summed E-state index contributed by atoms with van der Waals surface area (Å²) in [5, 5.41) is 11.1. The highest BCUT2D eigenvalue weighted by molar-refractivity contribution is 5.97. The Balaban J connectivity index is 2.03. The predicted molar refractivity (Wildman–Crippen MR) is 77.3 cm³/mol. The number of aliphatic imine (C=N–C) groups is 1. The molecule has 2 aromatic rings. The fraction of sp³-hybridized carbons (Fsp3) is 0.286. The van der Waals surface area contributed by atoms with Crippen LogP contribution in [-0.2, 0) is 7.05 Å². The molecular weight excluding hydrogens is 238 g/mol.